The molecule has 0 saturated carbocycles. The van der Waals surface area contributed by atoms with E-state index in [9.17, 15) is 9.59 Å². The second-order valence-electron chi connectivity index (χ2n) is 12.6. The Kier molecular flexibility index (Phi) is 7.97. The van der Waals surface area contributed by atoms with Gasteiger partial charge in [0.25, 0.3) is 0 Å². The predicted molar refractivity (Wildman–Crippen MR) is 144 cm³/mol. The van der Waals surface area contributed by atoms with Crippen LogP contribution in [0.1, 0.15) is 79.9 Å². The number of fused-ring (bicyclic) bond motifs is 2. The second-order valence-corrected chi connectivity index (χ2v) is 12.6. The first-order valence-corrected chi connectivity index (χ1v) is 13.2. The Morgan fingerprint density at radius 3 is 2.19 bits per heavy atom. The summed E-state index contributed by atoms with van der Waals surface area (Å²) in [6.45, 7) is 17.9. The van der Waals surface area contributed by atoms with E-state index >= 15 is 0 Å². The van der Waals surface area contributed by atoms with Crippen LogP contribution in [-0.4, -0.2) is 44.0 Å². The molecular weight excluding hydrogens is 470 g/mol. The smallest absolute Gasteiger partial charge is 0.408 e. The average molecular weight is 516 g/mol. The van der Waals surface area contributed by atoms with Crippen molar-refractivity contribution in [1.82, 2.24) is 5.32 Å². The van der Waals surface area contributed by atoms with Crippen LogP contribution >= 0.6 is 0 Å². The van der Waals surface area contributed by atoms with Gasteiger partial charge in [-0.05, 0) is 75.5 Å². The molecule has 7 nitrogen and oxygen atoms in total. The highest BCUT2D eigenvalue weighted by Crippen LogP contribution is 2.60. The molecule has 1 N–H and O–H groups in total. The lowest BCUT2D eigenvalue weighted by Crippen LogP contribution is -2.57. The Morgan fingerprint density at radius 1 is 1.05 bits per heavy atom. The third kappa shape index (κ3) is 5.46. The molecule has 0 aromatic heterocycles. The van der Waals surface area contributed by atoms with Gasteiger partial charge in [-0.2, -0.15) is 0 Å². The molecule has 1 aromatic carbocycles. The van der Waals surface area contributed by atoms with E-state index in [1.165, 1.54) is 0 Å². The molecule has 2 aliphatic carbocycles. The van der Waals surface area contributed by atoms with E-state index in [2.05, 4.69) is 32.2 Å². The van der Waals surface area contributed by atoms with Crippen molar-refractivity contribution < 1.29 is 28.5 Å². The zero-order valence-electron chi connectivity index (χ0n) is 24.4. The molecule has 0 fully saturated rings. The Hall–Kier alpha value is -2.70. The van der Waals surface area contributed by atoms with Gasteiger partial charge in [0, 0.05) is 16.5 Å². The number of nitrogens with one attached hydrogen (secondary N) is 1. The first kappa shape index (κ1) is 28.9. The summed E-state index contributed by atoms with van der Waals surface area (Å²) in [6, 6.07) is 3.09. The predicted octanol–water partition coefficient (Wildman–Crippen LogP) is 5.97. The lowest BCUT2D eigenvalue weighted by atomic mass is 9.49. The maximum Gasteiger partial charge on any atom is 0.408 e. The minimum absolute atomic E-state index is 0.177. The van der Waals surface area contributed by atoms with Crippen LogP contribution in [0.4, 0.5) is 4.79 Å². The van der Waals surface area contributed by atoms with Gasteiger partial charge in [-0.25, -0.2) is 9.59 Å². The number of allylic oxidation sites excluding steroid dienone is 1. The summed E-state index contributed by atoms with van der Waals surface area (Å²) in [6.07, 6.45) is 2.64. The lowest BCUT2D eigenvalue weighted by molar-refractivity contribution is -0.162. The van der Waals surface area contributed by atoms with Gasteiger partial charge in [0.2, 0.25) is 0 Å². The van der Waals surface area contributed by atoms with Gasteiger partial charge in [0.05, 0.1) is 14.2 Å². The fourth-order valence-corrected chi connectivity index (χ4v) is 6.47. The molecule has 0 heterocycles. The summed E-state index contributed by atoms with van der Waals surface area (Å²) in [7, 11) is 3.38. The first-order valence-electron chi connectivity index (χ1n) is 13.2. The molecule has 2 aliphatic rings. The highest BCUT2D eigenvalue weighted by atomic mass is 16.6. The Balaban J connectivity index is 1.99. The Bertz CT molecular complexity index is 1070. The number of hydrogen-bond acceptors (Lipinski definition) is 6. The third-order valence-corrected chi connectivity index (χ3v) is 8.06. The standard InChI is InChI=1S/C30H45NO6/c1-17(2)24(31-27(33)37-28(4,5)6)26(32)36-25-18(3)12-15-22-29(7,8)23-19(16-30(22,25)9)20(34-10)13-14-21(23)35-11/h12-14,17,22,24-25H,15-16H2,1-11H3,(H,31,33). The van der Waals surface area contributed by atoms with Gasteiger partial charge < -0.3 is 24.3 Å². The summed E-state index contributed by atoms with van der Waals surface area (Å²) in [5.74, 6) is 1.22. The molecule has 0 bridgehead atoms. The Morgan fingerprint density at radius 2 is 1.65 bits per heavy atom. The summed E-state index contributed by atoms with van der Waals surface area (Å²) in [5, 5.41) is 2.74. The molecule has 1 amide bonds. The number of alkyl carbamates (subject to hydrolysis) is 1. The van der Waals surface area contributed by atoms with Crippen molar-refractivity contribution in [2.24, 2.45) is 17.3 Å². The number of amides is 1. The van der Waals surface area contributed by atoms with Crippen LogP contribution in [0, 0.1) is 17.3 Å². The van der Waals surface area contributed by atoms with Crippen LogP contribution in [-0.2, 0) is 26.1 Å². The number of rotatable bonds is 6. The van der Waals surface area contributed by atoms with E-state index in [0.29, 0.717) is 6.42 Å². The van der Waals surface area contributed by atoms with E-state index in [-0.39, 0.29) is 17.3 Å². The third-order valence-electron chi connectivity index (χ3n) is 8.06. The van der Waals surface area contributed by atoms with Crippen LogP contribution in [0.3, 0.4) is 0 Å². The molecule has 4 unspecified atom stereocenters. The minimum atomic E-state index is -0.829. The van der Waals surface area contributed by atoms with Crippen molar-refractivity contribution in [3.05, 3.63) is 34.9 Å². The van der Waals surface area contributed by atoms with Crippen LogP contribution in [0.15, 0.2) is 23.8 Å². The zero-order chi connectivity index (χ0) is 27.9. The van der Waals surface area contributed by atoms with Crippen molar-refractivity contribution in [2.45, 2.75) is 98.3 Å². The fraction of sp³-hybridized carbons (Fsp3) is 0.667. The molecule has 206 valence electrons. The van der Waals surface area contributed by atoms with Crippen molar-refractivity contribution in [3.8, 4) is 11.5 Å². The number of carbonyl (C=O) groups excluding carboxylic acids is 2. The number of hydrogen-bond donors (Lipinski definition) is 1. The lowest BCUT2D eigenvalue weighted by Gasteiger charge is -2.56. The normalized spacial score (nSPS) is 25.2. The molecule has 3 rings (SSSR count). The van der Waals surface area contributed by atoms with Crippen molar-refractivity contribution >= 4 is 12.1 Å². The number of methoxy groups -OCH3 is 2. The van der Waals surface area contributed by atoms with Crippen LogP contribution in [0.25, 0.3) is 0 Å². The first-order chi connectivity index (χ1) is 17.1. The number of carbonyl (C=O) groups is 2. The summed E-state index contributed by atoms with van der Waals surface area (Å²) < 4.78 is 23.3. The molecular formula is C30H45NO6. The topological polar surface area (TPSA) is 83.1 Å². The van der Waals surface area contributed by atoms with Crippen molar-refractivity contribution in [3.63, 3.8) is 0 Å². The molecule has 7 heteroatoms. The quantitative estimate of drug-likeness (QED) is 0.371. The number of esters is 1. The summed E-state index contributed by atoms with van der Waals surface area (Å²) in [5.41, 5.74) is 1.94. The van der Waals surface area contributed by atoms with Crippen LogP contribution < -0.4 is 14.8 Å². The average Bonchev–Trinajstić information content (AvgIpc) is 2.77. The van der Waals surface area contributed by atoms with Crippen LogP contribution in [0.2, 0.25) is 0 Å². The van der Waals surface area contributed by atoms with E-state index in [1.54, 1.807) is 35.0 Å². The number of ether oxygens (including phenoxy) is 4. The van der Waals surface area contributed by atoms with E-state index in [4.69, 9.17) is 18.9 Å². The monoisotopic (exact) mass is 515 g/mol. The highest BCUT2D eigenvalue weighted by Gasteiger charge is 2.57. The van der Waals surface area contributed by atoms with Gasteiger partial charge in [-0.3, -0.25) is 0 Å². The van der Waals surface area contributed by atoms with Gasteiger partial charge in [0.1, 0.15) is 29.2 Å². The largest absolute Gasteiger partial charge is 0.496 e. The number of benzene rings is 1. The molecule has 0 radical (unpaired) electrons. The van der Waals surface area contributed by atoms with E-state index in [1.807, 2.05) is 32.9 Å². The van der Waals surface area contributed by atoms with Crippen molar-refractivity contribution in [2.75, 3.05) is 14.2 Å². The van der Waals surface area contributed by atoms with Gasteiger partial charge in [-0.1, -0.05) is 40.7 Å². The minimum Gasteiger partial charge on any atom is -0.496 e. The van der Waals surface area contributed by atoms with Gasteiger partial charge in [-0.15, -0.1) is 0 Å². The van der Waals surface area contributed by atoms with E-state index < -0.39 is 35.2 Å². The summed E-state index contributed by atoms with van der Waals surface area (Å²) >= 11 is 0. The molecule has 0 aliphatic heterocycles. The summed E-state index contributed by atoms with van der Waals surface area (Å²) in [4.78, 5) is 26.1. The van der Waals surface area contributed by atoms with Crippen LogP contribution in [0.5, 0.6) is 11.5 Å². The maximum absolute atomic E-state index is 13.6. The Labute approximate surface area is 222 Å². The van der Waals surface area contributed by atoms with Gasteiger partial charge >= 0.3 is 12.1 Å². The second kappa shape index (κ2) is 10.2. The fourth-order valence-electron chi connectivity index (χ4n) is 6.47. The zero-order valence-corrected chi connectivity index (χ0v) is 24.4. The van der Waals surface area contributed by atoms with E-state index in [0.717, 1.165) is 34.6 Å². The highest BCUT2D eigenvalue weighted by molar-refractivity contribution is 5.82. The molecule has 0 saturated heterocycles. The van der Waals surface area contributed by atoms with Crippen molar-refractivity contribution in [1.29, 1.82) is 0 Å². The molecule has 37 heavy (non-hydrogen) atoms. The molecule has 1 aromatic rings. The maximum atomic E-state index is 13.6. The molecule has 4 atom stereocenters. The molecule has 0 spiro atoms. The van der Waals surface area contributed by atoms with Gasteiger partial charge in [0.15, 0.2) is 0 Å². The SMILES string of the molecule is COc1ccc(OC)c2c1CC1(C)C(OC(=O)C(NC(=O)OC(C)(C)C)C(C)C)C(C)=CCC1C2(C)C.